The lowest BCUT2D eigenvalue weighted by atomic mass is 10.1. The van der Waals surface area contributed by atoms with E-state index in [4.69, 9.17) is 9.47 Å². The van der Waals surface area contributed by atoms with E-state index in [1.165, 1.54) is 14.2 Å². The van der Waals surface area contributed by atoms with E-state index in [0.717, 1.165) is 0 Å². The van der Waals surface area contributed by atoms with E-state index in [0.29, 0.717) is 44.5 Å². The molecule has 0 unspecified atom stereocenters. The van der Waals surface area contributed by atoms with E-state index >= 15 is 0 Å². The molecule has 0 radical (unpaired) electrons. The van der Waals surface area contributed by atoms with Gasteiger partial charge in [-0.15, -0.1) is 11.3 Å². The van der Waals surface area contributed by atoms with Crippen molar-refractivity contribution in [1.82, 2.24) is 4.98 Å². The number of methoxy groups -OCH3 is 2. The quantitative estimate of drug-likeness (QED) is 0.611. The van der Waals surface area contributed by atoms with Crippen LogP contribution in [0.25, 0.3) is 21.7 Å². The van der Waals surface area contributed by atoms with Gasteiger partial charge >= 0.3 is 6.18 Å². The maximum absolute atomic E-state index is 13.2. The number of halogens is 3. The van der Waals surface area contributed by atoms with Gasteiger partial charge in [0, 0.05) is 5.56 Å². The molecule has 3 nitrogen and oxygen atoms in total. The van der Waals surface area contributed by atoms with Crippen LogP contribution < -0.4 is 9.47 Å². The van der Waals surface area contributed by atoms with Crippen LogP contribution in [0.15, 0.2) is 48.5 Å². The molecule has 1 aromatic heterocycles. The van der Waals surface area contributed by atoms with Crippen LogP contribution in [-0.2, 0) is 6.18 Å². The molecule has 130 valence electrons. The lowest BCUT2D eigenvalue weighted by Crippen LogP contribution is -2.03. The second-order valence-electron chi connectivity index (χ2n) is 5.15. The first-order valence-corrected chi connectivity index (χ1v) is 8.11. The normalized spacial score (nSPS) is 11.4. The van der Waals surface area contributed by atoms with Crippen LogP contribution in [0, 0.1) is 0 Å². The zero-order valence-corrected chi connectivity index (χ0v) is 14.2. The minimum absolute atomic E-state index is 0.296. The fraction of sp³-hybridized carbons (Fsp3) is 0.167. The number of benzene rings is 2. The largest absolute Gasteiger partial charge is 0.497 e. The van der Waals surface area contributed by atoms with Gasteiger partial charge in [0.05, 0.1) is 24.8 Å². The van der Waals surface area contributed by atoms with Crippen molar-refractivity contribution in [2.75, 3.05) is 14.2 Å². The molecule has 0 aliphatic heterocycles. The predicted molar refractivity (Wildman–Crippen MR) is 91.1 cm³/mol. The van der Waals surface area contributed by atoms with E-state index in [9.17, 15) is 13.2 Å². The van der Waals surface area contributed by atoms with E-state index in [1.807, 2.05) is 0 Å². The van der Waals surface area contributed by atoms with Gasteiger partial charge in [0.25, 0.3) is 0 Å². The Balaban J connectivity index is 2.12. The van der Waals surface area contributed by atoms with Crippen molar-refractivity contribution >= 4 is 11.3 Å². The van der Waals surface area contributed by atoms with E-state index in [-0.39, 0.29) is 0 Å². The number of aromatic nitrogens is 1. The summed E-state index contributed by atoms with van der Waals surface area (Å²) in [7, 11) is 3.06. The van der Waals surface area contributed by atoms with Crippen LogP contribution in [0.2, 0.25) is 0 Å². The first kappa shape index (κ1) is 17.3. The van der Waals surface area contributed by atoms with Crippen LogP contribution in [0.5, 0.6) is 11.5 Å². The molecule has 0 amide bonds. The highest BCUT2D eigenvalue weighted by atomic mass is 32.1. The zero-order valence-electron chi connectivity index (χ0n) is 13.4. The second-order valence-corrected chi connectivity index (χ2v) is 6.15. The van der Waals surface area contributed by atoms with E-state index < -0.39 is 11.2 Å². The fourth-order valence-corrected chi connectivity index (χ4v) is 3.28. The van der Waals surface area contributed by atoms with Gasteiger partial charge in [-0.25, -0.2) is 4.98 Å². The van der Waals surface area contributed by atoms with Gasteiger partial charge in [0.2, 0.25) is 0 Å². The van der Waals surface area contributed by atoms with Crippen LogP contribution >= 0.6 is 11.3 Å². The highest BCUT2D eigenvalue weighted by Gasteiger charge is 2.36. The second kappa shape index (κ2) is 6.76. The van der Waals surface area contributed by atoms with E-state index in [2.05, 4.69) is 4.98 Å². The Morgan fingerprint density at radius 1 is 0.800 bits per heavy atom. The van der Waals surface area contributed by atoms with Crippen LogP contribution in [0.4, 0.5) is 13.2 Å². The van der Waals surface area contributed by atoms with Crippen LogP contribution in [0.3, 0.4) is 0 Å². The molecule has 0 atom stereocenters. The summed E-state index contributed by atoms with van der Waals surface area (Å²) >= 11 is 0.630. The number of thiazole rings is 1. The van der Waals surface area contributed by atoms with Gasteiger partial charge in [-0.2, -0.15) is 13.2 Å². The summed E-state index contributed by atoms with van der Waals surface area (Å²) in [5, 5.41) is -0.871. The average Bonchev–Trinajstić information content (AvgIpc) is 3.07. The molecule has 0 spiro atoms. The van der Waals surface area contributed by atoms with Crippen molar-refractivity contribution in [3.05, 3.63) is 53.5 Å². The number of hydrogen-bond donors (Lipinski definition) is 0. The maximum atomic E-state index is 13.2. The monoisotopic (exact) mass is 365 g/mol. The summed E-state index contributed by atoms with van der Waals surface area (Å²) in [6, 6.07) is 13.6. The van der Waals surface area contributed by atoms with Gasteiger partial charge < -0.3 is 9.47 Å². The number of ether oxygens (including phenoxy) is 2. The van der Waals surface area contributed by atoms with Gasteiger partial charge in [-0.3, -0.25) is 0 Å². The Hall–Kier alpha value is -2.54. The molecular formula is C18H14F3NO2S. The number of alkyl halides is 3. The summed E-state index contributed by atoms with van der Waals surface area (Å²) < 4.78 is 49.7. The fourth-order valence-electron chi connectivity index (χ4n) is 2.32. The lowest BCUT2D eigenvalue weighted by molar-refractivity contribution is -0.137. The minimum atomic E-state index is -4.49. The van der Waals surface area contributed by atoms with Gasteiger partial charge in [-0.1, -0.05) is 0 Å². The Morgan fingerprint density at radius 2 is 1.28 bits per heavy atom. The molecule has 0 fully saturated rings. The third-order valence-electron chi connectivity index (χ3n) is 3.59. The van der Waals surface area contributed by atoms with Crippen molar-refractivity contribution in [2.24, 2.45) is 0 Å². The number of nitrogens with zero attached hydrogens (tertiary/aromatic N) is 1. The number of hydrogen-bond acceptors (Lipinski definition) is 4. The first-order valence-electron chi connectivity index (χ1n) is 7.29. The summed E-state index contributed by atoms with van der Waals surface area (Å²) in [4.78, 5) is 4.31. The average molecular weight is 365 g/mol. The molecule has 25 heavy (non-hydrogen) atoms. The molecule has 3 aromatic rings. The molecule has 0 bridgehead atoms. The molecule has 7 heteroatoms. The van der Waals surface area contributed by atoms with Gasteiger partial charge in [0.15, 0.2) is 5.01 Å². The minimum Gasteiger partial charge on any atom is -0.497 e. The molecule has 0 saturated carbocycles. The summed E-state index contributed by atoms with van der Waals surface area (Å²) in [6.45, 7) is 0. The van der Waals surface area contributed by atoms with Crippen molar-refractivity contribution < 1.29 is 22.6 Å². The van der Waals surface area contributed by atoms with Crippen LogP contribution in [0.1, 0.15) is 5.01 Å². The molecule has 0 saturated heterocycles. The Labute approximate surface area is 146 Å². The van der Waals surface area contributed by atoms with Crippen molar-refractivity contribution in [3.63, 3.8) is 0 Å². The zero-order chi connectivity index (χ0) is 18.0. The molecule has 0 aliphatic carbocycles. The van der Waals surface area contributed by atoms with Crippen molar-refractivity contribution in [3.8, 4) is 33.2 Å². The van der Waals surface area contributed by atoms with Crippen molar-refractivity contribution in [1.29, 1.82) is 0 Å². The van der Waals surface area contributed by atoms with Gasteiger partial charge in [0.1, 0.15) is 11.5 Å². The molecule has 3 rings (SSSR count). The summed E-state index contributed by atoms with van der Waals surface area (Å²) in [5.41, 5.74) is 1.54. The maximum Gasteiger partial charge on any atom is 0.443 e. The SMILES string of the molecule is COc1ccc(-c2nc(C(F)(F)F)sc2-c2ccc(OC)cc2)cc1. The Kier molecular flexibility index (Phi) is 4.67. The summed E-state index contributed by atoms with van der Waals surface area (Å²) in [5.74, 6) is 1.26. The van der Waals surface area contributed by atoms with E-state index in [1.54, 1.807) is 48.5 Å². The molecule has 0 N–H and O–H groups in total. The van der Waals surface area contributed by atoms with Gasteiger partial charge in [-0.05, 0) is 54.1 Å². The Morgan fingerprint density at radius 3 is 1.72 bits per heavy atom. The smallest absolute Gasteiger partial charge is 0.443 e. The summed E-state index contributed by atoms with van der Waals surface area (Å²) in [6.07, 6.45) is -4.49. The third-order valence-corrected chi connectivity index (χ3v) is 4.73. The first-order chi connectivity index (χ1) is 11.9. The predicted octanol–water partition coefficient (Wildman–Crippen LogP) is 5.51. The standard InChI is InChI=1S/C18H14F3NO2S/c1-23-13-7-3-11(4-8-13)15-16(25-17(22-15)18(19,20)21)12-5-9-14(24-2)10-6-12/h3-10H,1-2H3. The number of rotatable bonds is 4. The molecule has 0 aliphatic rings. The Bertz CT molecular complexity index is 791. The highest BCUT2D eigenvalue weighted by molar-refractivity contribution is 7.15. The molecule has 2 aromatic carbocycles. The van der Waals surface area contributed by atoms with Crippen molar-refractivity contribution in [2.45, 2.75) is 6.18 Å². The highest BCUT2D eigenvalue weighted by Crippen LogP contribution is 2.43. The molecular weight excluding hydrogens is 351 g/mol. The molecule has 1 heterocycles. The van der Waals surface area contributed by atoms with Crippen LogP contribution in [-0.4, -0.2) is 19.2 Å². The third kappa shape index (κ3) is 3.61. The lowest BCUT2D eigenvalue weighted by Gasteiger charge is -2.05. The topological polar surface area (TPSA) is 31.4 Å².